The van der Waals surface area contributed by atoms with Crippen LogP contribution in [0.2, 0.25) is 0 Å². The molecule has 2 amide bonds. The van der Waals surface area contributed by atoms with E-state index in [-0.39, 0.29) is 31.3 Å². The van der Waals surface area contributed by atoms with Gasteiger partial charge >= 0.3 is 6.18 Å². The van der Waals surface area contributed by atoms with Gasteiger partial charge in [-0.15, -0.1) is 0 Å². The molecule has 0 radical (unpaired) electrons. The zero-order valence-corrected chi connectivity index (χ0v) is 15.1. The van der Waals surface area contributed by atoms with E-state index < -0.39 is 17.7 Å². The number of nitrogens with zero attached hydrogens (tertiary/aromatic N) is 1. The van der Waals surface area contributed by atoms with Crippen LogP contribution in [0.15, 0.2) is 48.5 Å². The summed E-state index contributed by atoms with van der Waals surface area (Å²) in [7, 11) is 1.54. The van der Waals surface area contributed by atoms with Crippen molar-refractivity contribution >= 4 is 17.5 Å². The molecule has 1 heterocycles. The first-order valence-electron chi connectivity index (χ1n) is 8.66. The van der Waals surface area contributed by atoms with E-state index in [1.54, 1.807) is 31.4 Å². The standard InChI is InChI=1S/C20H19F3N2O3/c1-28-17-7-5-16(6-8-17)25-12-14(10-18(25)26)19(27)24-11-13-3-2-4-15(9-13)20(21,22)23/h2-9,14H,10-12H2,1H3,(H,24,27). The Kier molecular flexibility index (Phi) is 5.58. The third-order valence-corrected chi connectivity index (χ3v) is 4.60. The van der Waals surface area contributed by atoms with Crippen molar-refractivity contribution in [1.29, 1.82) is 0 Å². The highest BCUT2D eigenvalue weighted by Gasteiger charge is 2.35. The number of amides is 2. The Morgan fingerprint density at radius 2 is 1.93 bits per heavy atom. The van der Waals surface area contributed by atoms with Gasteiger partial charge in [-0.25, -0.2) is 0 Å². The van der Waals surface area contributed by atoms with Crippen molar-refractivity contribution in [2.75, 3.05) is 18.6 Å². The monoisotopic (exact) mass is 392 g/mol. The fraction of sp³-hybridized carbons (Fsp3) is 0.300. The molecule has 1 N–H and O–H groups in total. The van der Waals surface area contributed by atoms with Crippen molar-refractivity contribution in [2.24, 2.45) is 5.92 Å². The van der Waals surface area contributed by atoms with Crippen LogP contribution in [-0.2, 0) is 22.3 Å². The largest absolute Gasteiger partial charge is 0.497 e. The third-order valence-electron chi connectivity index (χ3n) is 4.60. The molecule has 1 fully saturated rings. The Bertz CT molecular complexity index is 866. The van der Waals surface area contributed by atoms with Gasteiger partial charge in [0.15, 0.2) is 0 Å². The molecule has 148 valence electrons. The van der Waals surface area contributed by atoms with Gasteiger partial charge in [-0.3, -0.25) is 9.59 Å². The van der Waals surface area contributed by atoms with Crippen molar-refractivity contribution in [1.82, 2.24) is 5.32 Å². The van der Waals surface area contributed by atoms with Crippen LogP contribution < -0.4 is 15.0 Å². The Morgan fingerprint density at radius 3 is 2.57 bits per heavy atom. The summed E-state index contributed by atoms with van der Waals surface area (Å²) in [6, 6.07) is 11.7. The average Bonchev–Trinajstić information content (AvgIpc) is 3.07. The van der Waals surface area contributed by atoms with Gasteiger partial charge in [-0.1, -0.05) is 12.1 Å². The molecular weight excluding hydrogens is 373 g/mol. The second kappa shape index (κ2) is 7.92. The lowest BCUT2D eigenvalue weighted by Crippen LogP contribution is -2.32. The molecule has 3 rings (SSSR count). The van der Waals surface area contributed by atoms with Gasteiger partial charge in [0.25, 0.3) is 0 Å². The Morgan fingerprint density at radius 1 is 1.21 bits per heavy atom. The molecular formula is C20H19F3N2O3. The molecule has 1 unspecified atom stereocenters. The maximum Gasteiger partial charge on any atom is 0.416 e. The summed E-state index contributed by atoms with van der Waals surface area (Å²) >= 11 is 0. The fourth-order valence-corrected chi connectivity index (χ4v) is 3.09. The number of halogens is 3. The zero-order valence-electron chi connectivity index (χ0n) is 15.1. The predicted molar refractivity (Wildman–Crippen MR) is 96.7 cm³/mol. The van der Waals surface area contributed by atoms with E-state index in [1.165, 1.54) is 17.0 Å². The number of carbonyl (C=O) groups excluding carboxylic acids is 2. The average molecular weight is 392 g/mol. The van der Waals surface area contributed by atoms with Gasteiger partial charge in [-0.2, -0.15) is 13.2 Å². The highest BCUT2D eigenvalue weighted by molar-refractivity contribution is 6.00. The fourth-order valence-electron chi connectivity index (χ4n) is 3.09. The number of hydrogen-bond donors (Lipinski definition) is 1. The van der Waals surface area contributed by atoms with Gasteiger partial charge in [0.05, 0.1) is 18.6 Å². The highest BCUT2D eigenvalue weighted by Crippen LogP contribution is 2.30. The second-order valence-electron chi connectivity index (χ2n) is 6.52. The van der Waals surface area contributed by atoms with E-state index in [0.29, 0.717) is 17.0 Å². The summed E-state index contributed by atoms with van der Waals surface area (Å²) < 4.78 is 43.4. The van der Waals surface area contributed by atoms with Crippen LogP contribution in [0.3, 0.4) is 0 Å². The van der Waals surface area contributed by atoms with E-state index >= 15 is 0 Å². The van der Waals surface area contributed by atoms with Crippen LogP contribution in [0.25, 0.3) is 0 Å². The molecule has 1 saturated heterocycles. The first kappa shape index (κ1) is 19.7. The van der Waals surface area contributed by atoms with Gasteiger partial charge in [0.1, 0.15) is 5.75 Å². The highest BCUT2D eigenvalue weighted by atomic mass is 19.4. The number of alkyl halides is 3. The lowest BCUT2D eigenvalue weighted by molar-refractivity contribution is -0.137. The first-order valence-corrected chi connectivity index (χ1v) is 8.66. The summed E-state index contributed by atoms with van der Waals surface area (Å²) in [4.78, 5) is 26.2. The third kappa shape index (κ3) is 4.44. The molecule has 1 atom stereocenters. The first-order chi connectivity index (χ1) is 13.3. The van der Waals surface area contributed by atoms with Crippen LogP contribution >= 0.6 is 0 Å². The van der Waals surface area contributed by atoms with Gasteiger partial charge < -0.3 is 15.0 Å². The molecule has 2 aromatic rings. The van der Waals surface area contributed by atoms with E-state index in [9.17, 15) is 22.8 Å². The number of ether oxygens (including phenoxy) is 1. The number of benzene rings is 2. The minimum absolute atomic E-state index is 0.0318. The molecule has 0 bridgehead atoms. The van der Waals surface area contributed by atoms with E-state index in [2.05, 4.69) is 5.32 Å². The summed E-state index contributed by atoms with van der Waals surface area (Å²) in [5, 5.41) is 2.63. The van der Waals surface area contributed by atoms with Crippen LogP contribution in [0, 0.1) is 5.92 Å². The summed E-state index contributed by atoms with van der Waals surface area (Å²) in [6.07, 6.45) is -4.38. The Labute approximate surface area is 160 Å². The smallest absolute Gasteiger partial charge is 0.416 e. The summed E-state index contributed by atoms with van der Waals surface area (Å²) in [5.41, 5.74) is 0.250. The van der Waals surface area contributed by atoms with E-state index in [1.807, 2.05) is 0 Å². The number of carbonyl (C=O) groups is 2. The van der Waals surface area contributed by atoms with Crippen LogP contribution in [0.5, 0.6) is 5.75 Å². The Balaban J connectivity index is 1.60. The van der Waals surface area contributed by atoms with Crippen LogP contribution in [0.4, 0.5) is 18.9 Å². The van der Waals surface area contributed by atoms with Crippen molar-refractivity contribution in [3.63, 3.8) is 0 Å². The van der Waals surface area contributed by atoms with Crippen LogP contribution in [-0.4, -0.2) is 25.5 Å². The minimum Gasteiger partial charge on any atom is -0.497 e. The number of nitrogens with one attached hydrogen (secondary N) is 1. The number of rotatable bonds is 5. The Hall–Kier alpha value is -3.03. The van der Waals surface area contributed by atoms with E-state index in [0.717, 1.165) is 12.1 Å². The van der Waals surface area contributed by atoms with Crippen LogP contribution in [0.1, 0.15) is 17.5 Å². The normalized spacial score (nSPS) is 16.9. The van der Waals surface area contributed by atoms with Crippen molar-refractivity contribution in [2.45, 2.75) is 19.1 Å². The molecule has 28 heavy (non-hydrogen) atoms. The summed E-state index contributed by atoms with van der Waals surface area (Å²) in [6.45, 7) is 0.190. The molecule has 1 aliphatic rings. The zero-order chi connectivity index (χ0) is 20.3. The SMILES string of the molecule is COc1ccc(N2CC(C(=O)NCc3cccc(C(F)(F)F)c3)CC2=O)cc1. The maximum atomic E-state index is 12.8. The van der Waals surface area contributed by atoms with Crippen molar-refractivity contribution in [3.8, 4) is 5.75 Å². The number of hydrogen-bond acceptors (Lipinski definition) is 3. The molecule has 0 saturated carbocycles. The quantitative estimate of drug-likeness (QED) is 0.849. The van der Waals surface area contributed by atoms with Gasteiger partial charge in [0.2, 0.25) is 11.8 Å². The lowest BCUT2D eigenvalue weighted by Gasteiger charge is -2.17. The topological polar surface area (TPSA) is 58.6 Å². The number of methoxy groups -OCH3 is 1. The van der Waals surface area contributed by atoms with Crippen molar-refractivity contribution < 1.29 is 27.5 Å². The molecule has 8 heteroatoms. The minimum atomic E-state index is -4.43. The number of anilines is 1. The maximum absolute atomic E-state index is 12.8. The lowest BCUT2D eigenvalue weighted by atomic mass is 10.1. The molecule has 5 nitrogen and oxygen atoms in total. The molecule has 0 aromatic heterocycles. The van der Waals surface area contributed by atoms with Crippen molar-refractivity contribution in [3.05, 3.63) is 59.7 Å². The van der Waals surface area contributed by atoms with Gasteiger partial charge in [0, 0.05) is 25.2 Å². The molecule has 0 aliphatic carbocycles. The van der Waals surface area contributed by atoms with E-state index in [4.69, 9.17) is 4.74 Å². The predicted octanol–water partition coefficient (Wildman–Crippen LogP) is 3.38. The molecule has 0 spiro atoms. The molecule has 2 aromatic carbocycles. The molecule has 1 aliphatic heterocycles. The summed E-state index contributed by atoms with van der Waals surface area (Å²) in [5.74, 6) is -0.433. The second-order valence-corrected chi connectivity index (χ2v) is 6.52. The van der Waals surface area contributed by atoms with Gasteiger partial charge in [-0.05, 0) is 42.0 Å².